The van der Waals surface area contributed by atoms with Gasteiger partial charge in [-0.3, -0.25) is 14.5 Å². The molecular weight excluding hydrogens is 350 g/mol. The number of piperidine rings is 1. The first kappa shape index (κ1) is 21.1. The number of amides is 4. The van der Waals surface area contributed by atoms with Gasteiger partial charge in [0.25, 0.3) is 0 Å². The van der Waals surface area contributed by atoms with E-state index in [4.69, 9.17) is 15.7 Å². The fourth-order valence-electron chi connectivity index (χ4n) is 3.25. The van der Waals surface area contributed by atoms with Gasteiger partial charge in [0.2, 0.25) is 11.8 Å². The highest BCUT2D eigenvalue weighted by molar-refractivity contribution is 5.99. The largest absolute Gasteiger partial charge is 0.378 e. The number of hydrogen-bond acceptors (Lipinski definition) is 6. The maximum absolute atomic E-state index is 13.0. The first-order valence-corrected chi connectivity index (χ1v) is 9.29. The number of carbonyl (C=O) groups excluding carboxylic acids is 3. The lowest BCUT2D eigenvalue weighted by Gasteiger charge is -2.38. The quantitative estimate of drug-likeness (QED) is 0.670. The Morgan fingerprint density at radius 1 is 1.33 bits per heavy atom. The van der Waals surface area contributed by atoms with Crippen molar-refractivity contribution < 1.29 is 19.1 Å². The van der Waals surface area contributed by atoms with Gasteiger partial charge in [-0.05, 0) is 39.3 Å². The maximum Gasteiger partial charge on any atom is 0.327 e. The van der Waals surface area contributed by atoms with Crippen LogP contribution >= 0.6 is 0 Å². The van der Waals surface area contributed by atoms with E-state index in [1.807, 2.05) is 6.07 Å². The minimum atomic E-state index is -1.13. The van der Waals surface area contributed by atoms with Gasteiger partial charge in [0, 0.05) is 25.6 Å². The highest BCUT2D eigenvalue weighted by Crippen LogP contribution is 2.27. The smallest absolute Gasteiger partial charge is 0.327 e. The molecule has 0 aromatic heterocycles. The predicted molar refractivity (Wildman–Crippen MR) is 97.0 cm³/mol. The monoisotopic (exact) mass is 378 g/mol. The molecule has 149 valence electrons. The van der Waals surface area contributed by atoms with Gasteiger partial charge in [-0.1, -0.05) is 0 Å². The van der Waals surface area contributed by atoms with Gasteiger partial charge in [-0.15, -0.1) is 0 Å². The summed E-state index contributed by atoms with van der Waals surface area (Å²) in [4.78, 5) is 40.6. The van der Waals surface area contributed by atoms with E-state index in [1.54, 1.807) is 11.8 Å². The lowest BCUT2D eigenvalue weighted by Crippen LogP contribution is -2.56. The molecule has 2 aliphatic rings. The van der Waals surface area contributed by atoms with Crippen LogP contribution in [0.3, 0.4) is 0 Å². The molecule has 2 aliphatic heterocycles. The summed E-state index contributed by atoms with van der Waals surface area (Å²) < 4.78 is 5.28. The van der Waals surface area contributed by atoms with Gasteiger partial charge >= 0.3 is 6.03 Å². The van der Waals surface area contributed by atoms with Crippen LogP contribution < -0.4 is 11.1 Å². The number of nitrogens with one attached hydrogen (secondary N) is 1. The van der Waals surface area contributed by atoms with Crippen molar-refractivity contribution in [1.82, 2.24) is 15.1 Å². The van der Waals surface area contributed by atoms with E-state index in [2.05, 4.69) is 5.32 Å². The molecule has 4 amide bonds. The molecule has 2 heterocycles. The highest BCUT2D eigenvalue weighted by atomic mass is 16.5. The number of rotatable bonds is 6. The fourth-order valence-corrected chi connectivity index (χ4v) is 3.25. The van der Waals surface area contributed by atoms with Crippen LogP contribution in [0.15, 0.2) is 0 Å². The Kier molecular flexibility index (Phi) is 7.56. The van der Waals surface area contributed by atoms with E-state index in [0.717, 1.165) is 13.1 Å². The summed E-state index contributed by atoms with van der Waals surface area (Å²) in [5, 5.41) is 12.2. The van der Waals surface area contributed by atoms with Crippen LogP contribution in [-0.4, -0.2) is 73.1 Å². The summed E-state index contributed by atoms with van der Waals surface area (Å²) in [5.74, 6) is -1.08. The molecule has 0 saturated carbocycles. The second-order valence-electron chi connectivity index (χ2n) is 7.24. The summed E-state index contributed by atoms with van der Waals surface area (Å²) in [7, 11) is 0. The normalized spacial score (nSPS) is 20.4. The fraction of sp³-hybridized carbons (Fsp3) is 0.722. The second-order valence-corrected chi connectivity index (χ2v) is 7.24. The van der Waals surface area contributed by atoms with Gasteiger partial charge < -0.3 is 20.7 Å². The Hall–Kier alpha value is -2.18. The molecule has 3 N–H and O–H groups in total. The van der Waals surface area contributed by atoms with E-state index in [-0.39, 0.29) is 24.9 Å². The number of imide groups is 1. The van der Waals surface area contributed by atoms with Crippen LogP contribution in [0, 0.1) is 23.2 Å². The summed E-state index contributed by atoms with van der Waals surface area (Å²) in [6.45, 7) is 4.82. The molecule has 1 radical (unpaired) electrons. The standard InChI is InChI=1S/C18H28N5O4/c1-18(6-7-19,16(20)25)5-2-15(24)23(14-3-8-21-9-4-14)17(26)22-10-12-27-13-11-22/h2,14,21H,3-6,8-13H2,1H3,(H2,20,25). The van der Waals surface area contributed by atoms with E-state index >= 15 is 0 Å². The molecule has 9 heteroatoms. The SMILES string of the molecule is CC(CC#N)(C[CH]C(=O)N(C(=O)N1CCOCC1)C1CCNCC1)C(N)=O. The Morgan fingerprint density at radius 2 is 1.96 bits per heavy atom. The number of nitriles is 1. The van der Waals surface area contributed by atoms with Crippen molar-refractivity contribution in [3.63, 3.8) is 0 Å². The average molecular weight is 378 g/mol. The minimum Gasteiger partial charge on any atom is -0.378 e. The molecule has 2 saturated heterocycles. The Balaban J connectivity index is 2.11. The number of hydrogen-bond donors (Lipinski definition) is 2. The van der Waals surface area contributed by atoms with Gasteiger partial charge in [-0.25, -0.2) is 4.79 Å². The number of carbonyl (C=O) groups is 3. The number of nitrogens with zero attached hydrogens (tertiary/aromatic N) is 3. The van der Waals surface area contributed by atoms with Crippen LogP contribution in [0.1, 0.15) is 32.6 Å². The molecule has 2 fully saturated rings. The number of morpholine rings is 1. The molecule has 0 spiro atoms. The van der Waals surface area contributed by atoms with Crippen molar-refractivity contribution in [2.75, 3.05) is 39.4 Å². The van der Waals surface area contributed by atoms with Crippen LogP contribution in [-0.2, 0) is 14.3 Å². The van der Waals surface area contributed by atoms with Crippen molar-refractivity contribution in [2.24, 2.45) is 11.1 Å². The van der Waals surface area contributed by atoms with Crippen LogP contribution in [0.25, 0.3) is 0 Å². The average Bonchev–Trinajstić information content (AvgIpc) is 2.68. The zero-order chi connectivity index (χ0) is 19.9. The molecule has 0 aliphatic carbocycles. The molecule has 2 rings (SSSR count). The number of urea groups is 1. The zero-order valence-corrected chi connectivity index (χ0v) is 15.8. The van der Waals surface area contributed by atoms with Crippen molar-refractivity contribution in [2.45, 2.75) is 38.6 Å². The summed E-state index contributed by atoms with van der Waals surface area (Å²) in [5.41, 5.74) is 4.27. The van der Waals surface area contributed by atoms with E-state index in [1.165, 1.54) is 11.3 Å². The van der Waals surface area contributed by atoms with Crippen molar-refractivity contribution in [1.29, 1.82) is 5.26 Å². The van der Waals surface area contributed by atoms with Crippen molar-refractivity contribution in [3.8, 4) is 6.07 Å². The molecule has 9 nitrogen and oxygen atoms in total. The maximum atomic E-state index is 13.0. The Morgan fingerprint density at radius 3 is 2.52 bits per heavy atom. The first-order chi connectivity index (χ1) is 12.9. The molecular formula is C18H28N5O4. The minimum absolute atomic E-state index is 0.0204. The first-order valence-electron chi connectivity index (χ1n) is 9.29. The third-order valence-electron chi connectivity index (χ3n) is 5.19. The molecule has 1 unspecified atom stereocenters. The highest BCUT2D eigenvalue weighted by Gasteiger charge is 2.37. The summed E-state index contributed by atoms with van der Waals surface area (Å²) in [6, 6.07) is 1.42. The van der Waals surface area contributed by atoms with Gasteiger partial charge in [0.15, 0.2) is 0 Å². The summed E-state index contributed by atoms with van der Waals surface area (Å²) >= 11 is 0. The predicted octanol–water partition coefficient (Wildman–Crippen LogP) is 0.0189. The second kappa shape index (κ2) is 9.67. The Labute approximate surface area is 159 Å². The van der Waals surface area contributed by atoms with Gasteiger partial charge in [-0.2, -0.15) is 5.26 Å². The van der Waals surface area contributed by atoms with Crippen LogP contribution in [0.4, 0.5) is 4.79 Å². The topological polar surface area (TPSA) is 129 Å². The van der Waals surface area contributed by atoms with E-state index in [9.17, 15) is 14.4 Å². The number of ether oxygens (including phenoxy) is 1. The van der Waals surface area contributed by atoms with Crippen LogP contribution in [0.5, 0.6) is 0 Å². The third kappa shape index (κ3) is 5.40. The Bertz CT molecular complexity index is 593. The lowest BCUT2D eigenvalue weighted by molar-refractivity contribution is -0.129. The summed E-state index contributed by atoms with van der Waals surface area (Å²) in [6.07, 6.45) is 2.62. The van der Waals surface area contributed by atoms with E-state index in [0.29, 0.717) is 39.1 Å². The molecule has 27 heavy (non-hydrogen) atoms. The van der Waals surface area contributed by atoms with E-state index < -0.39 is 17.2 Å². The zero-order valence-electron chi connectivity index (χ0n) is 15.8. The molecule has 0 bridgehead atoms. The van der Waals surface area contributed by atoms with Gasteiger partial charge in [0.1, 0.15) is 0 Å². The van der Waals surface area contributed by atoms with Crippen LogP contribution in [0.2, 0.25) is 0 Å². The molecule has 1 atom stereocenters. The number of primary amides is 1. The molecule has 0 aromatic rings. The third-order valence-corrected chi connectivity index (χ3v) is 5.19. The van der Waals surface area contributed by atoms with Crippen molar-refractivity contribution >= 4 is 17.8 Å². The molecule has 0 aromatic carbocycles. The number of nitrogens with two attached hydrogens (primary N) is 1. The van der Waals surface area contributed by atoms with Gasteiger partial charge in [0.05, 0.1) is 31.1 Å². The van der Waals surface area contributed by atoms with Crippen molar-refractivity contribution in [3.05, 3.63) is 6.42 Å². The lowest BCUT2D eigenvalue weighted by atomic mass is 9.81.